The summed E-state index contributed by atoms with van der Waals surface area (Å²) >= 11 is 0. The Hall–Kier alpha value is -2.36. The standard InChI is InChI=1S/C18H20N2O2/c1-18(2)9-8-14-11-13(6-7-15(14)22-18)12-17(21)20-16-5-3-4-10-19-16/h3-7,10-11H,8-9,12H2,1-2H3,(H,19,20,21). The summed E-state index contributed by atoms with van der Waals surface area (Å²) in [6.07, 6.45) is 3.97. The molecule has 0 saturated carbocycles. The highest BCUT2D eigenvalue weighted by atomic mass is 16.5. The Kier molecular flexibility index (Phi) is 3.84. The summed E-state index contributed by atoms with van der Waals surface area (Å²) < 4.78 is 5.96. The average Bonchev–Trinajstić information content (AvgIpc) is 2.48. The molecule has 3 rings (SSSR count). The van der Waals surface area contributed by atoms with Gasteiger partial charge in [-0.3, -0.25) is 4.79 Å². The van der Waals surface area contributed by atoms with Gasteiger partial charge in [0, 0.05) is 6.20 Å². The summed E-state index contributed by atoms with van der Waals surface area (Å²) in [4.78, 5) is 16.2. The largest absolute Gasteiger partial charge is 0.488 e. The number of nitrogens with one attached hydrogen (secondary N) is 1. The van der Waals surface area contributed by atoms with Gasteiger partial charge < -0.3 is 10.1 Å². The molecular formula is C18H20N2O2. The number of hydrogen-bond acceptors (Lipinski definition) is 3. The molecule has 2 aromatic rings. The predicted molar refractivity (Wildman–Crippen MR) is 86.0 cm³/mol. The van der Waals surface area contributed by atoms with Crippen molar-refractivity contribution >= 4 is 11.7 Å². The third-order valence-electron chi connectivity index (χ3n) is 3.80. The molecule has 0 atom stereocenters. The number of benzene rings is 1. The Morgan fingerprint density at radius 1 is 1.32 bits per heavy atom. The number of hydrogen-bond donors (Lipinski definition) is 1. The van der Waals surface area contributed by atoms with E-state index in [0.717, 1.165) is 24.2 Å². The summed E-state index contributed by atoms with van der Waals surface area (Å²) in [5, 5.41) is 2.80. The summed E-state index contributed by atoms with van der Waals surface area (Å²) in [6, 6.07) is 11.4. The van der Waals surface area contributed by atoms with Crippen LogP contribution >= 0.6 is 0 Å². The van der Waals surface area contributed by atoms with Crippen LogP contribution in [0.1, 0.15) is 31.4 Å². The molecule has 1 aromatic heterocycles. The van der Waals surface area contributed by atoms with E-state index in [1.54, 1.807) is 12.3 Å². The van der Waals surface area contributed by atoms with Gasteiger partial charge in [0.15, 0.2) is 0 Å². The quantitative estimate of drug-likeness (QED) is 0.945. The number of ether oxygens (including phenoxy) is 1. The van der Waals surface area contributed by atoms with Crippen molar-refractivity contribution in [2.45, 2.75) is 38.7 Å². The number of rotatable bonds is 3. The topological polar surface area (TPSA) is 51.2 Å². The maximum absolute atomic E-state index is 12.1. The van der Waals surface area contributed by atoms with Gasteiger partial charge in [-0.25, -0.2) is 4.98 Å². The predicted octanol–water partition coefficient (Wildman–Crippen LogP) is 3.37. The lowest BCUT2D eigenvalue weighted by Gasteiger charge is -2.32. The van der Waals surface area contributed by atoms with Crippen LogP contribution in [0.25, 0.3) is 0 Å². The molecule has 114 valence electrons. The van der Waals surface area contributed by atoms with Crippen molar-refractivity contribution in [2.24, 2.45) is 0 Å². The monoisotopic (exact) mass is 296 g/mol. The van der Waals surface area contributed by atoms with Gasteiger partial charge in [-0.15, -0.1) is 0 Å². The van der Waals surface area contributed by atoms with Gasteiger partial charge in [0.05, 0.1) is 6.42 Å². The molecule has 4 nitrogen and oxygen atoms in total. The lowest BCUT2D eigenvalue weighted by Crippen LogP contribution is -2.32. The second-order valence-corrected chi connectivity index (χ2v) is 6.24. The average molecular weight is 296 g/mol. The number of fused-ring (bicyclic) bond motifs is 1. The van der Waals surface area contributed by atoms with E-state index in [1.165, 1.54) is 5.56 Å². The third-order valence-corrected chi connectivity index (χ3v) is 3.80. The molecule has 1 aliphatic heterocycles. The fourth-order valence-corrected chi connectivity index (χ4v) is 2.63. The first-order valence-corrected chi connectivity index (χ1v) is 7.54. The molecular weight excluding hydrogens is 276 g/mol. The summed E-state index contributed by atoms with van der Waals surface area (Å²) in [5.41, 5.74) is 2.07. The first kappa shape index (κ1) is 14.6. The molecule has 0 saturated heterocycles. The van der Waals surface area contributed by atoms with Crippen LogP contribution < -0.4 is 10.1 Å². The van der Waals surface area contributed by atoms with Gasteiger partial charge >= 0.3 is 0 Å². The smallest absolute Gasteiger partial charge is 0.229 e. The lowest BCUT2D eigenvalue weighted by molar-refractivity contribution is -0.115. The molecule has 0 spiro atoms. The number of aromatic nitrogens is 1. The van der Waals surface area contributed by atoms with E-state index >= 15 is 0 Å². The molecule has 1 aliphatic rings. The highest BCUT2D eigenvalue weighted by molar-refractivity contribution is 5.91. The first-order chi connectivity index (χ1) is 10.5. The minimum absolute atomic E-state index is 0.0595. The van der Waals surface area contributed by atoms with E-state index < -0.39 is 0 Å². The van der Waals surface area contributed by atoms with Crippen LogP contribution in [0.2, 0.25) is 0 Å². The maximum Gasteiger partial charge on any atom is 0.229 e. The van der Waals surface area contributed by atoms with E-state index in [0.29, 0.717) is 12.2 Å². The number of amides is 1. The van der Waals surface area contributed by atoms with Gasteiger partial charge in [-0.2, -0.15) is 0 Å². The van der Waals surface area contributed by atoms with Crippen LogP contribution in [0.3, 0.4) is 0 Å². The van der Waals surface area contributed by atoms with E-state index in [1.807, 2.05) is 24.3 Å². The Bertz CT molecular complexity index is 681. The molecule has 2 heterocycles. The number of carbonyl (C=O) groups is 1. The minimum atomic E-state index is -0.106. The Morgan fingerprint density at radius 3 is 2.95 bits per heavy atom. The molecule has 1 amide bonds. The van der Waals surface area contributed by atoms with Crippen LogP contribution in [-0.4, -0.2) is 16.5 Å². The number of carbonyl (C=O) groups excluding carboxylic acids is 1. The first-order valence-electron chi connectivity index (χ1n) is 7.54. The molecule has 4 heteroatoms. The molecule has 1 N–H and O–H groups in total. The lowest BCUT2D eigenvalue weighted by atomic mass is 9.93. The van der Waals surface area contributed by atoms with Crippen LogP contribution in [0.5, 0.6) is 5.75 Å². The Balaban J connectivity index is 1.68. The highest BCUT2D eigenvalue weighted by Crippen LogP contribution is 2.33. The van der Waals surface area contributed by atoms with Crippen molar-refractivity contribution in [3.8, 4) is 5.75 Å². The van der Waals surface area contributed by atoms with E-state index in [9.17, 15) is 4.79 Å². The SMILES string of the molecule is CC1(C)CCc2cc(CC(=O)Nc3ccccn3)ccc2O1. The number of aryl methyl sites for hydroxylation is 1. The summed E-state index contributed by atoms with van der Waals surface area (Å²) in [7, 11) is 0. The second-order valence-electron chi connectivity index (χ2n) is 6.24. The van der Waals surface area contributed by atoms with Gasteiger partial charge in [0.2, 0.25) is 5.91 Å². The van der Waals surface area contributed by atoms with Crippen molar-refractivity contribution in [1.29, 1.82) is 0 Å². The van der Waals surface area contributed by atoms with E-state index in [-0.39, 0.29) is 11.5 Å². The van der Waals surface area contributed by atoms with E-state index in [4.69, 9.17) is 4.74 Å². The molecule has 0 fully saturated rings. The fourth-order valence-electron chi connectivity index (χ4n) is 2.63. The van der Waals surface area contributed by atoms with Gasteiger partial charge in [0.25, 0.3) is 0 Å². The van der Waals surface area contributed by atoms with Gasteiger partial charge in [-0.05, 0) is 56.0 Å². The van der Waals surface area contributed by atoms with Crippen LogP contribution in [-0.2, 0) is 17.6 Å². The third kappa shape index (κ3) is 3.45. The fraction of sp³-hybridized carbons (Fsp3) is 0.333. The van der Waals surface area contributed by atoms with Crippen molar-refractivity contribution in [1.82, 2.24) is 4.98 Å². The molecule has 0 bridgehead atoms. The zero-order chi connectivity index (χ0) is 15.6. The highest BCUT2D eigenvalue weighted by Gasteiger charge is 2.26. The number of pyridine rings is 1. The number of nitrogens with zero attached hydrogens (tertiary/aromatic N) is 1. The Morgan fingerprint density at radius 2 is 2.18 bits per heavy atom. The van der Waals surface area contributed by atoms with Crippen molar-refractivity contribution in [2.75, 3.05) is 5.32 Å². The van der Waals surface area contributed by atoms with Gasteiger partial charge in [0.1, 0.15) is 17.2 Å². The molecule has 0 unspecified atom stereocenters. The molecule has 0 aliphatic carbocycles. The number of anilines is 1. The second kappa shape index (κ2) is 5.79. The van der Waals surface area contributed by atoms with Crippen LogP contribution in [0.15, 0.2) is 42.6 Å². The van der Waals surface area contributed by atoms with Crippen molar-refractivity contribution < 1.29 is 9.53 Å². The maximum atomic E-state index is 12.1. The zero-order valence-corrected chi connectivity index (χ0v) is 12.9. The Labute approximate surface area is 130 Å². The minimum Gasteiger partial charge on any atom is -0.488 e. The van der Waals surface area contributed by atoms with Crippen LogP contribution in [0, 0.1) is 0 Å². The normalized spacial score (nSPS) is 15.5. The zero-order valence-electron chi connectivity index (χ0n) is 12.9. The molecule has 22 heavy (non-hydrogen) atoms. The van der Waals surface area contributed by atoms with Crippen molar-refractivity contribution in [3.63, 3.8) is 0 Å². The molecule has 0 radical (unpaired) electrons. The van der Waals surface area contributed by atoms with Gasteiger partial charge in [-0.1, -0.05) is 18.2 Å². The summed E-state index contributed by atoms with van der Waals surface area (Å²) in [5.74, 6) is 1.45. The van der Waals surface area contributed by atoms with Crippen molar-refractivity contribution in [3.05, 3.63) is 53.7 Å². The molecule has 1 aromatic carbocycles. The van der Waals surface area contributed by atoms with E-state index in [2.05, 4.69) is 30.2 Å². The van der Waals surface area contributed by atoms with Crippen LogP contribution in [0.4, 0.5) is 5.82 Å². The summed E-state index contributed by atoms with van der Waals surface area (Å²) in [6.45, 7) is 4.20.